The lowest BCUT2D eigenvalue weighted by Gasteiger charge is -2.26. The van der Waals surface area contributed by atoms with Gasteiger partial charge in [0.25, 0.3) is 0 Å². The van der Waals surface area contributed by atoms with Crippen molar-refractivity contribution < 1.29 is 9.21 Å². The summed E-state index contributed by atoms with van der Waals surface area (Å²) in [5, 5.41) is 4.29. The van der Waals surface area contributed by atoms with Crippen molar-refractivity contribution in [3.63, 3.8) is 0 Å². The molecule has 0 saturated heterocycles. The van der Waals surface area contributed by atoms with Crippen LogP contribution in [-0.2, 0) is 13.0 Å². The smallest absolute Gasteiger partial charge is 0.317 e. The largest absolute Gasteiger partial charge is 0.461 e. The van der Waals surface area contributed by atoms with Crippen molar-refractivity contribution in [2.75, 3.05) is 7.05 Å². The first-order chi connectivity index (χ1) is 11.2. The molecule has 0 atom stereocenters. The summed E-state index contributed by atoms with van der Waals surface area (Å²) in [6, 6.07) is 8.41. The molecule has 0 aliphatic heterocycles. The minimum Gasteiger partial charge on any atom is -0.461 e. The molecule has 3 rings (SSSR count). The maximum Gasteiger partial charge on any atom is 0.317 e. The number of nitrogens with zero attached hydrogens (tertiary/aromatic N) is 1. The summed E-state index contributed by atoms with van der Waals surface area (Å²) in [6.07, 6.45) is 6.79. The van der Waals surface area contributed by atoms with E-state index in [4.69, 9.17) is 4.42 Å². The molecule has 1 aromatic carbocycles. The number of carbonyl (C=O) groups excluding carboxylic acids is 1. The van der Waals surface area contributed by atoms with Gasteiger partial charge in [-0.1, -0.05) is 44.4 Å². The number of furan rings is 1. The average molecular weight is 314 g/mol. The predicted octanol–water partition coefficient (Wildman–Crippen LogP) is 4.47. The Labute approximate surface area is 137 Å². The van der Waals surface area contributed by atoms with Crippen LogP contribution in [0.5, 0.6) is 0 Å². The first-order valence-electron chi connectivity index (χ1n) is 8.70. The molecule has 2 aromatic rings. The highest BCUT2D eigenvalue weighted by Crippen LogP contribution is 2.27. The molecule has 4 heteroatoms. The molecule has 0 spiro atoms. The Morgan fingerprint density at radius 2 is 2.00 bits per heavy atom. The molecule has 1 N–H and O–H groups in total. The van der Waals surface area contributed by atoms with E-state index in [9.17, 15) is 4.79 Å². The number of nitrogens with one attached hydrogen (secondary N) is 1. The van der Waals surface area contributed by atoms with Gasteiger partial charge in [-0.2, -0.15) is 0 Å². The van der Waals surface area contributed by atoms with E-state index in [1.54, 1.807) is 4.90 Å². The Kier molecular flexibility index (Phi) is 4.89. The normalized spacial score (nSPS) is 15.7. The molecule has 4 nitrogen and oxygen atoms in total. The first-order valence-corrected chi connectivity index (χ1v) is 8.70. The third-order valence-corrected chi connectivity index (χ3v) is 4.78. The number of para-hydroxylation sites is 1. The first kappa shape index (κ1) is 15.9. The SMILES string of the molecule is CCc1oc2ccccc2c1CN(C)C(=O)NC1CCCCC1. The van der Waals surface area contributed by atoms with Crippen molar-refractivity contribution in [2.24, 2.45) is 0 Å². The number of amides is 2. The van der Waals surface area contributed by atoms with Crippen molar-refractivity contribution in [1.29, 1.82) is 0 Å². The van der Waals surface area contributed by atoms with E-state index >= 15 is 0 Å². The highest BCUT2D eigenvalue weighted by molar-refractivity contribution is 5.83. The molecule has 1 aromatic heterocycles. The lowest BCUT2D eigenvalue weighted by molar-refractivity contribution is 0.198. The second-order valence-corrected chi connectivity index (χ2v) is 6.49. The summed E-state index contributed by atoms with van der Waals surface area (Å²) in [7, 11) is 1.86. The van der Waals surface area contributed by atoms with Gasteiger partial charge in [-0.05, 0) is 18.9 Å². The lowest BCUT2D eigenvalue weighted by atomic mass is 9.96. The van der Waals surface area contributed by atoms with Crippen LogP contribution >= 0.6 is 0 Å². The fraction of sp³-hybridized carbons (Fsp3) is 0.526. The van der Waals surface area contributed by atoms with Gasteiger partial charge in [-0.15, -0.1) is 0 Å². The second-order valence-electron chi connectivity index (χ2n) is 6.49. The number of benzene rings is 1. The van der Waals surface area contributed by atoms with Crippen LogP contribution in [0.1, 0.15) is 50.4 Å². The number of carbonyl (C=O) groups is 1. The number of fused-ring (bicyclic) bond motifs is 1. The highest BCUT2D eigenvalue weighted by atomic mass is 16.3. The van der Waals surface area contributed by atoms with E-state index in [1.807, 2.05) is 25.2 Å². The van der Waals surface area contributed by atoms with Gasteiger partial charge >= 0.3 is 6.03 Å². The number of hydrogen-bond donors (Lipinski definition) is 1. The van der Waals surface area contributed by atoms with Crippen molar-refractivity contribution in [2.45, 2.75) is 58.0 Å². The standard InChI is InChI=1S/C19H26N2O2/c1-3-17-16(15-11-7-8-12-18(15)23-17)13-21(2)19(22)20-14-9-5-4-6-10-14/h7-8,11-12,14H,3-6,9-10,13H2,1-2H3,(H,20,22). The summed E-state index contributed by atoms with van der Waals surface area (Å²) in [5.41, 5.74) is 2.03. The lowest BCUT2D eigenvalue weighted by Crippen LogP contribution is -2.43. The van der Waals surface area contributed by atoms with E-state index in [0.29, 0.717) is 12.6 Å². The molecule has 1 aliphatic rings. The maximum absolute atomic E-state index is 12.5. The molecular formula is C19H26N2O2. The molecule has 1 heterocycles. The zero-order valence-corrected chi connectivity index (χ0v) is 14.1. The van der Waals surface area contributed by atoms with Crippen molar-refractivity contribution in [3.8, 4) is 0 Å². The van der Waals surface area contributed by atoms with E-state index in [1.165, 1.54) is 19.3 Å². The van der Waals surface area contributed by atoms with Gasteiger partial charge in [0, 0.05) is 30.5 Å². The zero-order chi connectivity index (χ0) is 16.2. The van der Waals surface area contributed by atoms with Crippen LogP contribution in [0.15, 0.2) is 28.7 Å². The summed E-state index contributed by atoms with van der Waals surface area (Å²) in [5.74, 6) is 0.975. The Hall–Kier alpha value is -1.97. The molecule has 0 unspecified atom stereocenters. The molecule has 1 fully saturated rings. The van der Waals surface area contributed by atoms with E-state index in [-0.39, 0.29) is 6.03 Å². The van der Waals surface area contributed by atoms with Crippen LogP contribution in [0.25, 0.3) is 11.0 Å². The number of hydrogen-bond acceptors (Lipinski definition) is 2. The van der Waals surface area contributed by atoms with E-state index in [0.717, 1.165) is 41.6 Å². The van der Waals surface area contributed by atoms with Crippen LogP contribution in [-0.4, -0.2) is 24.0 Å². The minimum absolute atomic E-state index is 0.0178. The Morgan fingerprint density at radius 3 is 2.74 bits per heavy atom. The molecule has 1 aliphatic carbocycles. The molecule has 0 radical (unpaired) electrons. The molecule has 2 amide bonds. The number of aryl methyl sites for hydroxylation is 1. The third kappa shape index (κ3) is 3.52. The summed E-state index contributed by atoms with van der Waals surface area (Å²) < 4.78 is 5.92. The molecular weight excluding hydrogens is 288 g/mol. The Morgan fingerprint density at radius 1 is 1.26 bits per heavy atom. The van der Waals surface area contributed by atoms with E-state index in [2.05, 4.69) is 18.3 Å². The fourth-order valence-corrected chi connectivity index (χ4v) is 3.45. The van der Waals surface area contributed by atoms with Crippen LogP contribution < -0.4 is 5.32 Å². The van der Waals surface area contributed by atoms with Gasteiger partial charge in [0.1, 0.15) is 11.3 Å². The van der Waals surface area contributed by atoms with Crippen LogP contribution in [0.3, 0.4) is 0 Å². The Balaban J connectivity index is 1.71. The molecule has 124 valence electrons. The fourth-order valence-electron chi connectivity index (χ4n) is 3.45. The Bertz CT molecular complexity index is 671. The topological polar surface area (TPSA) is 45.5 Å². The van der Waals surface area contributed by atoms with Crippen LogP contribution in [0.4, 0.5) is 4.79 Å². The molecule has 23 heavy (non-hydrogen) atoms. The van der Waals surface area contributed by atoms with Gasteiger partial charge in [-0.3, -0.25) is 0 Å². The van der Waals surface area contributed by atoms with Gasteiger partial charge in [-0.25, -0.2) is 4.79 Å². The van der Waals surface area contributed by atoms with Crippen molar-refractivity contribution in [1.82, 2.24) is 10.2 Å². The average Bonchev–Trinajstić information content (AvgIpc) is 2.93. The zero-order valence-electron chi connectivity index (χ0n) is 14.1. The van der Waals surface area contributed by atoms with Crippen LogP contribution in [0.2, 0.25) is 0 Å². The second kappa shape index (κ2) is 7.07. The quantitative estimate of drug-likeness (QED) is 0.905. The minimum atomic E-state index is 0.0178. The molecule has 1 saturated carbocycles. The monoisotopic (exact) mass is 314 g/mol. The predicted molar refractivity (Wildman–Crippen MR) is 92.5 cm³/mol. The summed E-state index contributed by atoms with van der Waals surface area (Å²) in [6.45, 7) is 2.67. The number of rotatable bonds is 4. The molecule has 0 bridgehead atoms. The van der Waals surface area contributed by atoms with Gasteiger partial charge < -0.3 is 14.6 Å². The highest BCUT2D eigenvalue weighted by Gasteiger charge is 2.20. The third-order valence-electron chi connectivity index (χ3n) is 4.78. The van der Waals surface area contributed by atoms with Crippen molar-refractivity contribution in [3.05, 3.63) is 35.6 Å². The maximum atomic E-state index is 12.5. The van der Waals surface area contributed by atoms with Crippen molar-refractivity contribution >= 4 is 17.0 Å². The van der Waals surface area contributed by atoms with Crippen LogP contribution in [0, 0.1) is 0 Å². The van der Waals surface area contributed by atoms with Gasteiger partial charge in [0.15, 0.2) is 0 Å². The van der Waals surface area contributed by atoms with E-state index < -0.39 is 0 Å². The van der Waals surface area contributed by atoms with Gasteiger partial charge in [0.05, 0.1) is 6.54 Å². The number of urea groups is 1. The summed E-state index contributed by atoms with van der Waals surface area (Å²) in [4.78, 5) is 14.2. The van der Waals surface area contributed by atoms with Gasteiger partial charge in [0.2, 0.25) is 0 Å². The summed E-state index contributed by atoms with van der Waals surface area (Å²) >= 11 is 0.